The molecule has 0 fully saturated rings. The summed E-state index contributed by atoms with van der Waals surface area (Å²) in [4.78, 5) is 37.1. The SMILES string of the molecule is CCCCCCCCCCCCCCCCN1C(=O)C2=C(c3ccc[se]3)N(CCCCCCCCCCCCCCCC)C(=O)C2=C1c1ccc[se]1. The summed E-state index contributed by atoms with van der Waals surface area (Å²) in [6, 6.07) is 8.53. The van der Waals surface area contributed by atoms with Crippen LogP contribution >= 0.6 is 0 Å². The summed E-state index contributed by atoms with van der Waals surface area (Å²) < 4.78 is 2.37. The average molecular weight is 843 g/mol. The van der Waals surface area contributed by atoms with E-state index in [0.29, 0.717) is 24.2 Å². The molecule has 4 nitrogen and oxygen atoms in total. The van der Waals surface area contributed by atoms with Gasteiger partial charge in [0.15, 0.2) is 0 Å². The first-order chi connectivity index (χ1) is 25.7. The summed E-state index contributed by atoms with van der Waals surface area (Å²) in [5.74, 6) is 0.136. The van der Waals surface area contributed by atoms with Crippen molar-refractivity contribution in [2.24, 2.45) is 0 Å². The van der Waals surface area contributed by atoms with Crippen molar-refractivity contribution in [2.45, 2.75) is 194 Å². The maximum atomic E-state index is 14.3. The van der Waals surface area contributed by atoms with Gasteiger partial charge in [0.1, 0.15) is 0 Å². The Morgan fingerprint density at radius 1 is 0.404 bits per heavy atom. The van der Waals surface area contributed by atoms with Crippen molar-refractivity contribution in [2.75, 3.05) is 13.1 Å². The fourth-order valence-electron chi connectivity index (χ4n) is 8.09. The quantitative estimate of drug-likeness (QED) is 0.0544. The number of hydrogen-bond donors (Lipinski definition) is 0. The van der Waals surface area contributed by atoms with E-state index in [9.17, 15) is 9.59 Å². The van der Waals surface area contributed by atoms with Crippen LogP contribution in [-0.2, 0) is 9.59 Å². The van der Waals surface area contributed by atoms with Crippen molar-refractivity contribution in [3.63, 3.8) is 0 Å². The van der Waals surface area contributed by atoms with Crippen LogP contribution in [0.5, 0.6) is 0 Å². The van der Waals surface area contributed by atoms with Crippen LogP contribution in [0.4, 0.5) is 0 Å². The van der Waals surface area contributed by atoms with Gasteiger partial charge < -0.3 is 0 Å². The Balaban J connectivity index is 1.23. The summed E-state index contributed by atoms with van der Waals surface area (Å²) in [6.07, 6.45) is 37.1. The molecule has 0 spiro atoms. The first kappa shape index (κ1) is 43.2. The van der Waals surface area contributed by atoms with Gasteiger partial charge in [-0.1, -0.05) is 90.9 Å². The van der Waals surface area contributed by atoms with Crippen LogP contribution in [0.25, 0.3) is 11.4 Å². The third kappa shape index (κ3) is 13.9. The molecule has 52 heavy (non-hydrogen) atoms. The first-order valence-electron chi connectivity index (χ1n) is 21.9. The number of carbonyl (C=O) groups excluding carboxylic acids is 2. The van der Waals surface area contributed by atoms with Crippen molar-refractivity contribution in [1.82, 2.24) is 9.80 Å². The van der Waals surface area contributed by atoms with E-state index in [4.69, 9.17) is 0 Å². The van der Waals surface area contributed by atoms with Crippen LogP contribution in [0.1, 0.15) is 203 Å². The predicted octanol–water partition coefficient (Wildman–Crippen LogP) is 12.6. The number of nitrogens with zero attached hydrogens (tertiary/aromatic N) is 2. The van der Waals surface area contributed by atoms with E-state index in [1.54, 1.807) is 0 Å². The summed E-state index contributed by atoms with van der Waals surface area (Å²) in [5, 5.41) is 0. The van der Waals surface area contributed by atoms with Gasteiger partial charge >= 0.3 is 242 Å². The molecule has 2 aromatic heterocycles. The molecule has 0 atom stereocenters. The molecule has 0 saturated carbocycles. The topological polar surface area (TPSA) is 40.6 Å². The van der Waals surface area contributed by atoms with Crippen LogP contribution in [0.3, 0.4) is 0 Å². The molecule has 4 heterocycles. The van der Waals surface area contributed by atoms with Crippen LogP contribution in [0.15, 0.2) is 45.3 Å². The summed E-state index contributed by atoms with van der Waals surface area (Å²) >= 11 is 0.318. The molecular formula is C46H72N2O2Se2. The molecule has 2 aromatic rings. The van der Waals surface area contributed by atoms with Gasteiger partial charge in [-0.2, -0.15) is 0 Å². The summed E-state index contributed by atoms with van der Waals surface area (Å²) in [5.41, 5.74) is 3.28. The molecule has 0 radical (unpaired) electrons. The Morgan fingerprint density at radius 3 is 0.923 bits per heavy atom. The summed E-state index contributed by atoms with van der Waals surface area (Å²) in [6.45, 7) is 6.01. The molecule has 0 aromatic carbocycles. The Bertz CT molecular complexity index is 1220. The molecule has 2 aliphatic heterocycles. The number of hydrogen-bond acceptors (Lipinski definition) is 2. The van der Waals surface area contributed by atoms with Gasteiger partial charge in [-0.05, 0) is 0 Å². The normalized spacial score (nSPS) is 14.6. The van der Waals surface area contributed by atoms with Gasteiger partial charge in [0, 0.05) is 0 Å². The molecule has 6 heteroatoms. The third-order valence-electron chi connectivity index (χ3n) is 11.2. The van der Waals surface area contributed by atoms with Gasteiger partial charge in [-0.15, -0.1) is 0 Å². The molecule has 0 unspecified atom stereocenters. The molecule has 0 saturated heterocycles. The average Bonchev–Trinajstić information content (AvgIpc) is 3.97. The fraction of sp³-hybridized carbons (Fsp3) is 0.696. The van der Waals surface area contributed by atoms with Crippen LogP contribution in [-0.4, -0.2) is 63.7 Å². The monoisotopic (exact) mass is 844 g/mol. The number of rotatable bonds is 32. The number of amides is 2. The van der Waals surface area contributed by atoms with Crippen LogP contribution < -0.4 is 0 Å². The van der Waals surface area contributed by atoms with Crippen molar-refractivity contribution in [3.05, 3.63) is 54.2 Å². The number of fused-ring (bicyclic) bond motifs is 1. The van der Waals surface area contributed by atoms with Gasteiger partial charge in [0.25, 0.3) is 0 Å². The maximum absolute atomic E-state index is 14.3. The van der Waals surface area contributed by atoms with E-state index in [0.717, 1.165) is 37.1 Å². The summed E-state index contributed by atoms with van der Waals surface area (Å²) in [7, 11) is 0. The van der Waals surface area contributed by atoms with E-state index in [-0.39, 0.29) is 40.8 Å². The standard InChI is InChI=1S/C46H72N2O2Se2/c1-3-5-7-9-11-13-15-17-19-21-23-25-27-29-35-47-43(39-33-31-37-51-39)41-42(45(47)49)44(40-34-32-38-52-40)48(46(41)50)36-30-28-26-24-22-20-18-16-14-12-10-8-6-4-2/h31-34,37-38H,3-30,35-36H2,1-2H3. The van der Waals surface area contributed by atoms with Crippen molar-refractivity contribution >= 4 is 52.2 Å². The van der Waals surface area contributed by atoms with Gasteiger partial charge in [0.2, 0.25) is 0 Å². The van der Waals surface area contributed by atoms with Crippen LogP contribution in [0, 0.1) is 0 Å². The molecule has 0 bridgehead atoms. The number of unbranched alkanes of at least 4 members (excludes halogenated alkanes) is 26. The molecule has 2 amide bonds. The van der Waals surface area contributed by atoms with E-state index in [2.05, 4.69) is 48.0 Å². The van der Waals surface area contributed by atoms with Crippen molar-refractivity contribution in [1.29, 1.82) is 0 Å². The second-order valence-corrected chi connectivity index (χ2v) is 19.5. The molecule has 0 aliphatic carbocycles. The Labute approximate surface area is 330 Å². The first-order valence-corrected chi connectivity index (χ1v) is 25.6. The van der Waals surface area contributed by atoms with E-state index < -0.39 is 0 Å². The third-order valence-corrected chi connectivity index (χ3v) is 14.8. The van der Waals surface area contributed by atoms with Crippen molar-refractivity contribution < 1.29 is 9.59 Å². The van der Waals surface area contributed by atoms with Crippen LogP contribution in [0.2, 0.25) is 0 Å². The zero-order valence-electron chi connectivity index (χ0n) is 33.2. The van der Waals surface area contributed by atoms with Gasteiger partial charge in [-0.25, -0.2) is 0 Å². The Morgan fingerprint density at radius 2 is 0.673 bits per heavy atom. The minimum atomic E-state index is 0.0682. The zero-order valence-corrected chi connectivity index (χ0v) is 36.6. The zero-order chi connectivity index (χ0) is 36.6. The van der Waals surface area contributed by atoms with Crippen molar-refractivity contribution in [3.8, 4) is 0 Å². The van der Waals surface area contributed by atoms with E-state index in [1.165, 1.54) is 163 Å². The number of carbonyl (C=O) groups is 2. The Kier molecular flexibility index (Phi) is 21.8. The van der Waals surface area contributed by atoms with Gasteiger partial charge in [0.05, 0.1) is 0 Å². The molecular weight excluding hydrogens is 770 g/mol. The predicted molar refractivity (Wildman–Crippen MR) is 225 cm³/mol. The second-order valence-electron chi connectivity index (χ2n) is 15.5. The second kappa shape index (κ2) is 26.3. The molecule has 4 rings (SSSR count). The van der Waals surface area contributed by atoms with E-state index >= 15 is 0 Å². The van der Waals surface area contributed by atoms with Gasteiger partial charge in [-0.3, -0.25) is 0 Å². The fourth-order valence-corrected chi connectivity index (χ4v) is 11.4. The molecule has 0 N–H and O–H groups in total. The Hall–Kier alpha value is -1.58. The molecule has 2 aliphatic rings. The molecule has 290 valence electrons. The minimum absolute atomic E-state index is 0.0682. The van der Waals surface area contributed by atoms with E-state index in [1.807, 2.05) is 9.80 Å².